The van der Waals surface area contributed by atoms with Crippen LogP contribution in [0, 0.1) is 0 Å². The number of benzene rings is 1. The molecule has 98 valence electrons. The summed E-state index contributed by atoms with van der Waals surface area (Å²) in [4.78, 5) is 23.0. The largest absolute Gasteiger partial charge is 0.478 e. The molecule has 0 radical (unpaired) electrons. The average Bonchev–Trinajstić information content (AvgIpc) is 2.28. The van der Waals surface area contributed by atoms with Crippen molar-refractivity contribution in [2.45, 2.75) is 32.4 Å². The van der Waals surface area contributed by atoms with Crippen molar-refractivity contribution in [2.24, 2.45) is 0 Å². The Labute approximate surface area is 105 Å². The van der Waals surface area contributed by atoms with Crippen LogP contribution in [0.2, 0.25) is 0 Å². The van der Waals surface area contributed by atoms with Gasteiger partial charge in [0.05, 0.1) is 22.8 Å². The van der Waals surface area contributed by atoms with Gasteiger partial charge in [0.2, 0.25) is 0 Å². The lowest BCUT2D eigenvalue weighted by Gasteiger charge is -2.29. The molecule has 0 aliphatic rings. The fraction of sp³-hybridized carbons (Fsp3) is 0.385. The van der Waals surface area contributed by atoms with Gasteiger partial charge in [-0.1, -0.05) is 12.1 Å². The molecule has 1 unspecified atom stereocenters. The molecule has 0 spiro atoms. The molecular weight excluding hydrogens is 234 g/mol. The summed E-state index contributed by atoms with van der Waals surface area (Å²) in [7, 11) is 0. The van der Waals surface area contributed by atoms with Crippen molar-refractivity contribution in [3.63, 3.8) is 0 Å². The predicted octanol–water partition coefficient (Wildman–Crippen LogP) is 1.27. The van der Waals surface area contributed by atoms with Crippen molar-refractivity contribution in [3.8, 4) is 0 Å². The van der Waals surface area contributed by atoms with E-state index >= 15 is 0 Å². The van der Waals surface area contributed by atoms with Gasteiger partial charge in [0.15, 0.2) is 0 Å². The van der Waals surface area contributed by atoms with Gasteiger partial charge in [-0.25, -0.2) is 4.79 Å². The molecule has 1 aromatic carbocycles. The lowest BCUT2D eigenvalue weighted by Crippen LogP contribution is -2.51. The van der Waals surface area contributed by atoms with Gasteiger partial charge in [-0.15, -0.1) is 0 Å². The molecule has 3 N–H and O–H groups in total. The van der Waals surface area contributed by atoms with E-state index in [2.05, 4.69) is 5.32 Å². The average molecular weight is 251 g/mol. The standard InChI is InChI=1S/C13H17NO4/c1-8(15)13(2,3)14-11(16)9-6-4-5-7-10(9)12(17)18/h4-8,15H,1-3H3,(H,14,16)(H,17,18). The maximum Gasteiger partial charge on any atom is 0.336 e. The summed E-state index contributed by atoms with van der Waals surface area (Å²) in [6.45, 7) is 4.89. The van der Waals surface area contributed by atoms with Crippen LogP contribution in [0.25, 0.3) is 0 Å². The second kappa shape index (κ2) is 5.18. The first-order valence-corrected chi connectivity index (χ1v) is 5.58. The summed E-state index contributed by atoms with van der Waals surface area (Å²) < 4.78 is 0. The molecule has 1 atom stereocenters. The van der Waals surface area contributed by atoms with Crippen LogP contribution < -0.4 is 5.32 Å². The van der Waals surface area contributed by atoms with Crippen LogP contribution in [0.1, 0.15) is 41.5 Å². The molecule has 1 rings (SSSR count). The van der Waals surface area contributed by atoms with E-state index < -0.39 is 23.5 Å². The maximum absolute atomic E-state index is 12.0. The molecule has 5 nitrogen and oxygen atoms in total. The summed E-state index contributed by atoms with van der Waals surface area (Å²) in [5.74, 6) is -1.67. The summed E-state index contributed by atoms with van der Waals surface area (Å²) in [6, 6.07) is 5.96. The van der Waals surface area contributed by atoms with Crippen LogP contribution in [-0.4, -0.2) is 33.7 Å². The van der Waals surface area contributed by atoms with E-state index in [1.807, 2.05) is 0 Å². The number of carboxylic acids is 1. The number of hydrogen-bond donors (Lipinski definition) is 3. The van der Waals surface area contributed by atoms with Crippen LogP contribution >= 0.6 is 0 Å². The quantitative estimate of drug-likeness (QED) is 0.752. The molecule has 0 saturated heterocycles. The minimum Gasteiger partial charge on any atom is -0.478 e. The third kappa shape index (κ3) is 3.07. The smallest absolute Gasteiger partial charge is 0.336 e. The number of aromatic carboxylic acids is 1. The number of hydrogen-bond acceptors (Lipinski definition) is 3. The number of nitrogens with one attached hydrogen (secondary N) is 1. The molecule has 18 heavy (non-hydrogen) atoms. The van der Waals surface area contributed by atoms with E-state index in [9.17, 15) is 14.7 Å². The zero-order valence-corrected chi connectivity index (χ0v) is 10.6. The Morgan fingerprint density at radius 3 is 2.17 bits per heavy atom. The number of carbonyl (C=O) groups excluding carboxylic acids is 1. The zero-order chi connectivity index (χ0) is 13.9. The van der Waals surface area contributed by atoms with Gasteiger partial charge < -0.3 is 15.5 Å². The van der Waals surface area contributed by atoms with Crippen LogP contribution in [0.3, 0.4) is 0 Å². The Bertz CT molecular complexity index is 466. The fourth-order valence-corrected chi connectivity index (χ4v) is 1.33. The second-order valence-electron chi connectivity index (χ2n) is 4.70. The van der Waals surface area contributed by atoms with Crippen LogP contribution in [0.4, 0.5) is 0 Å². The highest BCUT2D eigenvalue weighted by molar-refractivity contribution is 6.04. The van der Waals surface area contributed by atoms with Crippen LogP contribution in [-0.2, 0) is 0 Å². The lowest BCUT2D eigenvalue weighted by atomic mass is 9.97. The Morgan fingerprint density at radius 2 is 1.72 bits per heavy atom. The molecule has 0 fully saturated rings. The number of carbonyl (C=O) groups is 2. The minimum absolute atomic E-state index is 0.0589. The van der Waals surface area contributed by atoms with Crippen molar-refractivity contribution < 1.29 is 19.8 Å². The van der Waals surface area contributed by atoms with Crippen molar-refractivity contribution >= 4 is 11.9 Å². The van der Waals surface area contributed by atoms with E-state index in [1.165, 1.54) is 12.1 Å². The topological polar surface area (TPSA) is 86.6 Å². The third-order valence-corrected chi connectivity index (χ3v) is 2.88. The molecule has 0 saturated carbocycles. The molecule has 1 amide bonds. The monoisotopic (exact) mass is 251 g/mol. The highest BCUT2D eigenvalue weighted by Gasteiger charge is 2.27. The normalized spacial score (nSPS) is 12.9. The molecule has 0 heterocycles. The molecule has 0 aliphatic carbocycles. The highest BCUT2D eigenvalue weighted by atomic mass is 16.4. The van der Waals surface area contributed by atoms with Gasteiger partial charge >= 0.3 is 5.97 Å². The van der Waals surface area contributed by atoms with Crippen molar-refractivity contribution in [1.29, 1.82) is 0 Å². The molecular formula is C13H17NO4. The number of rotatable bonds is 4. The van der Waals surface area contributed by atoms with Gasteiger partial charge in [-0.2, -0.15) is 0 Å². The summed E-state index contributed by atoms with van der Waals surface area (Å²) in [5.41, 5.74) is -0.807. The molecule has 1 aromatic rings. The van der Waals surface area contributed by atoms with Crippen molar-refractivity contribution in [2.75, 3.05) is 0 Å². The lowest BCUT2D eigenvalue weighted by molar-refractivity contribution is 0.0669. The second-order valence-corrected chi connectivity index (χ2v) is 4.70. The van der Waals surface area contributed by atoms with E-state index in [0.717, 1.165) is 0 Å². The van der Waals surface area contributed by atoms with E-state index in [4.69, 9.17) is 5.11 Å². The van der Waals surface area contributed by atoms with Gasteiger partial charge in [0.25, 0.3) is 5.91 Å². The Kier molecular flexibility index (Phi) is 4.08. The first kappa shape index (κ1) is 14.2. The Balaban J connectivity index is 3.02. The molecule has 0 bridgehead atoms. The number of aliphatic hydroxyl groups is 1. The van der Waals surface area contributed by atoms with E-state index in [-0.39, 0.29) is 11.1 Å². The van der Waals surface area contributed by atoms with Crippen molar-refractivity contribution in [3.05, 3.63) is 35.4 Å². The Morgan fingerprint density at radius 1 is 1.22 bits per heavy atom. The first-order valence-electron chi connectivity index (χ1n) is 5.58. The summed E-state index contributed by atoms with van der Waals surface area (Å²) >= 11 is 0. The number of carboxylic acid groups (broad SMARTS) is 1. The molecule has 0 aromatic heterocycles. The fourth-order valence-electron chi connectivity index (χ4n) is 1.33. The van der Waals surface area contributed by atoms with E-state index in [0.29, 0.717) is 0 Å². The predicted molar refractivity (Wildman–Crippen MR) is 66.6 cm³/mol. The molecule has 5 heteroatoms. The number of amides is 1. The van der Waals surface area contributed by atoms with Crippen LogP contribution in [0.15, 0.2) is 24.3 Å². The van der Waals surface area contributed by atoms with Gasteiger partial charge in [-0.05, 0) is 32.9 Å². The van der Waals surface area contributed by atoms with Crippen molar-refractivity contribution in [1.82, 2.24) is 5.32 Å². The maximum atomic E-state index is 12.0. The van der Waals surface area contributed by atoms with Crippen LogP contribution in [0.5, 0.6) is 0 Å². The van der Waals surface area contributed by atoms with Gasteiger partial charge in [0, 0.05) is 0 Å². The van der Waals surface area contributed by atoms with Gasteiger partial charge in [0.1, 0.15) is 0 Å². The third-order valence-electron chi connectivity index (χ3n) is 2.88. The minimum atomic E-state index is -1.16. The summed E-state index contributed by atoms with van der Waals surface area (Å²) in [6.07, 6.45) is -0.751. The first-order chi connectivity index (χ1) is 8.25. The zero-order valence-electron chi connectivity index (χ0n) is 10.6. The Hall–Kier alpha value is -1.88. The summed E-state index contributed by atoms with van der Waals surface area (Å²) in [5, 5.41) is 21.1. The highest BCUT2D eigenvalue weighted by Crippen LogP contribution is 2.13. The van der Waals surface area contributed by atoms with E-state index in [1.54, 1.807) is 32.9 Å². The number of aliphatic hydroxyl groups excluding tert-OH is 1. The SMILES string of the molecule is CC(O)C(C)(C)NC(=O)c1ccccc1C(=O)O. The molecule has 0 aliphatic heterocycles. The van der Waals surface area contributed by atoms with Gasteiger partial charge in [-0.3, -0.25) is 4.79 Å².